The Bertz CT molecular complexity index is 254. The fraction of sp³-hybridized carbons (Fsp3) is 0.833. The number of carbonyl (C=O) groups excluding carboxylic acids is 2. The number of ether oxygens (including phenoxy) is 1. The molecule has 0 fully saturated rings. The number of nitrogens with two attached hydrogens (primary N) is 1. The number of hydrogen-bond donors (Lipinski definition) is 2. The van der Waals surface area contributed by atoms with Crippen molar-refractivity contribution >= 4 is 11.9 Å². The maximum absolute atomic E-state index is 11.6. The van der Waals surface area contributed by atoms with E-state index < -0.39 is 6.04 Å². The van der Waals surface area contributed by atoms with Gasteiger partial charge in [0.25, 0.3) is 0 Å². The molecule has 1 amide bonds. The van der Waals surface area contributed by atoms with Gasteiger partial charge in [-0.05, 0) is 19.3 Å². The summed E-state index contributed by atoms with van der Waals surface area (Å²) in [6, 6.07) is -0.510. The highest BCUT2D eigenvalue weighted by Gasteiger charge is 2.18. The highest BCUT2D eigenvalue weighted by molar-refractivity contribution is 5.82. The van der Waals surface area contributed by atoms with Crippen LogP contribution in [0, 0.1) is 11.8 Å². The quantitative estimate of drug-likeness (QED) is 0.645. The first-order chi connectivity index (χ1) is 7.88. The van der Waals surface area contributed by atoms with Crippen molar-refractivity contribution in [1.29, 1.82) is 0 Å². The molecule has 0 rings (SSSR count). The van der Waals surface area contributed by atoms with Crippen molar-refractivity contribution in [3.05, 3.63) is 0 Å². The molecule has 0 saturated carbocycles. The van der Waals surface area contributed by atoms with Crippen LogP contribution < -0.4 is 11.1 Å². The van der Waals surface area contributed by atoms with Crippen molar-refractivity contribution in [2.24, 2.45) is 17.6 Å². The van der Waals surface area contributed by atoms with Crippen LogP contribution in [0.15, 0.2) is 0 Å². The number of carbonyl (C=O) groups is 2. The molecule has 0 bridgehead atoms. The van der Waals surface area contributed by atoms with E-state index in [1.54, 1.807) is 13.8 Å². The molecule has 0 aliphatic carbocycles. The molecule has 100 valence electrons. The van der Waals surface area contributed by atoms with Crippen molar-refractivity contribution in [2.45, 2.75) is 40.2 Å². The molecule has 1 unspecified atom stereocenters. The number of hydrogen-bond acceptors (Lipinski definition) is 4. The molecule has 0 saturated heterocycles. The van der Waals surface area contributed by atoms with Crippen LogP contribution in [0.2, 0.25) is 0 Å². The van der Waals surface area contributed by atoms with Crippen LogP contribution in [0.3, 0.4) is 0 Å². The summed E-state index contributed by atoms with van der Waals surface area (Å²) in [5.74, 6) is -0.483. The Morgan fingerprint density at radius 1 is 1.29 bits per heavy atom. The molecule has 0 heterocycles. The number of amides is 1. The Kier molecular flexibility index (Phi) is 7.54. The van der Waals surface area contributed by atoms with Gasteiger partial charge in [0, 0.05) is 6.54 Å². The van der Waals surface area contributed by atoms with Crippen molar-refractivity contribution < 1.29 is 14.3 Å². The fourth-order valence-corrected chi connectivity index (χ4v) is 1.37. The third-order valence-electron chi connectivity index (χ3n) is 2.33. The molecule has 17 heavy (non-hydrogen) atoms. The number of nitrogens with one attached hydrogen (secondary N) is 1. The van der Waals surface area contributed by atoms with Gasteiger partial charge in [-0.2, -0.15) is 0 Å². The average molecular weight is 244 g/mol. The molecule has 5 nitrogen and oxygen atoms in total. The van der Waals surface area contributed by atoms with E-state index in [2.05, 4.69) is 5.32 Å². The van der Waals surface area contributed by atoms with Gasteiger partial charge in [-0.25, -0.2) is 0 Å². The summed E-state index contributed by atoms with van der Waals surface area (Å²) in [5.41, 5.74) is 5.71. The van der Waals surface area contributed by atoms with Gasteiger partial charge in [0.1, 0.15) is 0 Å². The molecule has 0 spiro atoms. The highest BCUT2D eigenvalue weighted by Crippen LogP contribution is 2.03. The van der Waals surface area contributed by atoms with Crippen LogP contribution in [0.4, 0.5) is 0 Å². The summed E-state index contributed by atoms with van der Waals surface area (Å²) in [7, 11) is 0. The SMILES string of the molecule is CCOC(=O)C(C)CNC(=O)[C@@H](N)CC(C)C. The Balaban J connectivity index is 3.94. The lowest BCUT2D eigenvalue weighted by molar-refractivity contribution is -0.147. The summed E-state index contributed by atoms with van der Waals surface area (Å²) >= 11 is 0. The maximum Gasteiger partial charge on any atom is 0.310 e. The van der Waals surface area contributed by atoms with Crippen molar-refractivity contribution in [3.63, 3.8) is 0 Å². The third kappa shape index (κ3) is 6.94. The zero-order chi connectivity index (χ0) is 13.4. The third-order valence-corrected chi connectivity index (χ3v) is 2.33. The molecule has 0 aliphatic rings. The van der Waals surface area contributed by atoms with Gasteiger partial charge >= 0.3 is 5.97 Å². The summed E-state index contributed by atoms with van der Waals surface area (Å²) in [4.78, 5) is 22.9. The smallest absolute Gasteiger partial charge is 0.310 e. The zero-order valence-electron chi connectivity index (χ0n) is 11.2. The van der Waals surface area contributed by atoms with Gasteiger partial charge in [0.15, 0.2) is 0 Å². The van der Waals surface area contributed by atoms with Crippen LogP contribution in [0.25, 0.3) is 0 Å². The molecule has 0 aliphatic heterocycles. The predicted molar refractivity (Wildman–Crippen MR) is 66.2 cm³/mol. The molecule has 3 N–H and O–H groups in total. The Morgan fingerprint density at radius 2 is 1.88 bits per heavy atom. The lowest BCUT2D eigenvalue weighted by atomic mass is 10.0. The molecule has 0 radical (unpaired) electrons. The molecule has 5 heteroatoms. The van der Waals surface area contributed by atoms with Crippen LogP contribution in [-0.4, -0.2) is 31.1 Å². The van der Waals surface area contributed by atoms with Gasteiger partial charge in [-0.1, -0.05) is 20.8 Å². The topological polar surface area (TPSA) is 81.4 Å². The number of esters is 1. The standard InChI is InChI=1S/C12H24N2O3/c1-5-17-12(16)9(4)7-14-11(15)10(13)6-8(2)3/h8-10H,5-7,13H2,1-4H3,(H,14,15)/t9?,10-/m0/s1. The van der Waals surface area contributed by atoms with E-state index in [1.165, 1.54) is 0 Å². The van der Waals surface area contributed by atoms with E-state index in [9.17, 15) is 9.59 Å². The van der Waals surface area contributed by atoms with Gasteiger partial charge < -0.3 is 15.8 Å². The lowest BCUT2D eigenvalue weighted by Crippen LogP contribution is -2.43. The van der Waals surface area contributed by atoms with Gasteiger partial charge in [-0.15, -0.1) is 0 Å². The minimum Gasteiger partial charge on any atom is -0.466 e. The monoisotopic (exact) mass is 244 g/mol. The number of rotatable bonds is 7. The van der Waals surface area contributed by atoms with E-state index in [4.69, 9.17) is 10.5 Å². The molecule has 0 aromatic rings. The van der Waals surface area contributed by atoms with Crippen LogP contribution in [0.5, 0.6) is 0 Å². The van der Waals surface area contributed by atoms with E-state index >= 15 is 0 Å². The van der Waals surface area contributed by atoms with E-state index in [-0.39, 0.29) is 24.3 Å². The van der Waals surface area contributed by atoms with Crippen LogP contribution >= 0.6 is 0 Å². The minimum absolute atomic E-state index is 0.213. The maximum atomic E-state index is 11.6. The van der Waals surface area contributed by atoms with Gasteiger partial charge in [-0.3, -0.25) is 9.59 Å². The lowest BCUT2D eigenvalue weighted by Gasteiger charge is -2.16. The fourth-order valence-electron chi connectivity index (χ4n) is 1.37. The molecule has 2 atom stereocenters. The first-order valence-corrected chi connectivity index (χ1v) is 6.08. The first kappa shape index (κ1) is 15.9. The predicted octanol–water partition coefficient (Wildman–Crippen LogP) is 0.675. The van der Waals surface area contributed by atoms with E-state index in [0.29, 0.717) is 18.9 Å². The Hall–Kier alpha value is -1.10. The second-order valence-corrected chi connectivity index (χ2v) is 4.63. The largest absolute Gasteiger partial charge is 0.466 e. The summed E-state index contributed by atoms with van der Waals surface area (Å²) < 4.78 is 4.84. The second-order valence-electron chi connectivity index (χ2n) is 4.63. The van der Waals surface area contributed by atoms with Crippen LogP contribution in [-0.2, 0) is 14.3 Å². The minimum atomic E-state index is -0.510. The zero-order valence-corrected chi connectivity index (χ0v) is 11.2. The van der Waals surface area contributed by atoms with Crippen molar-refractivity contribution in [2.75, 3.05) is 13.2 Å². The van der Waals surface area contributed by atoms with E-state index in [0.717, 1.165) is 0 Å². The van der Waals surface area contributed by atoms with Crippen molar-refractivity contribution in [1.82, 2.24) is 5.32 Å². The Morgan fingerprint density at radius 3 is 2.35 bits per heavy atom. The van der Waals surface area contributed by atoms with Crippen LogP contribution in [0.1, 0.15) is 34.1 Å². The van der Waals surface area contributed by atoms with Gasteiger partial charge in [0.05, 0.1) is 18.6 Å². The van der Waals surface area contributed by atoms with E-state index in [1.807, 2.05) is 13.8 Å². The second kappa shape index (κ2) is 8.06. The summed E-state index contributed by atoms with van der Waals surface area (Å²) in [6.45, 7) is 8.10. The Labute approximate surface area is 103 Å². The van der Waals surface area contributed by atoms with Gasteiger partial charge in [0.2, 0.25) is 5.91 Å². The molecular weight excluding hydrogens is 220 g/mol. The molecule has 0 aromatic carbocycles. The summed E-state index contributed by atoms with van der Waals surface area (Å²) in [6.07, 6.45) is 0.639. The van der Waals surface area contributed by atoms with Crippen molar-refractivity contribution in [3.8, 4) is 0 Å². The highest BCUT2D eigenvalue weighted by atomic mass is 16.5. The average Bonchev–Trinajstić information content (AvgIpc) is 2.24. The summed E-state index contributed by atoms with van der Waals surface area (Å²) in [5, 5.41) is 2.66. The molecule has 0 aromatic heterocycles. The normalized spacial score (nSPS) is 14.2. The first-order valence-electron chi connectivity index (χ1n) is 6.08. The molecular formula is C12H24N2O3.